The number of aliphatic hydroxyl groups excluding tert-OH is 3. The van der Waals surface area contributed by atoms with Gasteiger partial charge in [0, 0.05) is 0 Å². The van der Waals surface area contributed by atoms with Crippen LogP contribution in [0.25, 0.3) is 0 Å². The van der Waals surface area contributed by atoms with E-state index in [4.69, 9.17) is 4.74 Å². The van der Waals surface area contributed by atoms with E-state index in [1.54, 1.807) is 0 Å². The third kappa shape index (κ3) is 2.30. The number of hydrogen-bond donors (Lipinski definition) is 5. The van der Waals surface area contributed by atoms with Crippen molar-refractivity contribution in [2.24, 2.45) is 0 Å². The Balaban J connectivity index is 2.94. The summed E-state index contributed by atoms with van der Waals surface area (Å²) in [4.78, 5) is 0. The summed E-state index contributed by atoms with van der Waals surface area (Å²) in [7, 11) is 0. The van der Waals surface area contributed by atoms with Gasteiger partial charge in [0.05, 0.1) is 5.60 Å². The van der Waals surface area contributed by atoms with Crippen molar-refractivity contribution in [2.45, 2.75) is 56.6 Å². The van der Waals surface area contributed by atoms with Crippen molar-refractivity contribution in [1.82, 2.24) is 0 Å². The molecule has 1 saturated heterocycles. The van der Waals surface area contributed by atoms with Crippen molar-refractivity contribution in [3.8, 4) is 0 Å². The van der Waals surface area contributed by atoms with Crippen LogP contribution < -0.4 is 0 Å². The van der Waals surface area contributed by atoms with Gasteiger partial charge < -0.3 is 30.3 Å². The van der Waals surface area contributed by atoms with Gasteiger partial charge in [-0.1, -0.05) is 0 Å². The van der Waals surface area contributed by atoms with Crippen LogP contribution in [0.4, 0.5) is 0 Å². The maximum atomic E-state index is 9.66. The molecule has 0 radical (unpaired) electrons. The van der Waals surface area contributed by atoms with E-state index in [2.05, 4.69) is 0 Å². The van der Waals surface area contributed by atoms with Crippen LogP contribution in [0.15, 0.2) is 0 Å². The molecule has 0 aromatic rings. The van der Waals surface area contributed by atoms with Crippen LogP contribution >= 0.6 is 0 Å². The Morgan fingerprint density at radius 1 is 1.13 bits per heavy atom. The van der Waals surface area contributed by atoms with E-state index in [1.165, 1.54) is 13.8 Å². The third-order valence-corrected chi connectivity index (χ3v) is 2.59. The van der Waals surface area contributed by atoms with Crippen LogP contribution in [-0.2, 0) is 4.74 Å². The quantitative estimate of drug-likeness (QED) is 0.349. The van der Waals surface area contributed by atoms with E-state index < -0.39 is 35.8 Å². The molecule has 0 spiro atoms. The minimum Gasteiger partial charge on any atom is -0.388 e. The lowest BCUT2D eigenvalue weighted by Gasteiger charge is -2.47. The van der Waals surface area contributed by atoms with Gasteiger partial charge in [0.2, 0.25) is 0 Å². The summed E-state index contributed by atoms with van der Waals surface area (Å²) in [5.41, 5.74) is -1.44. The van der Waals surface area contributed by atoms with Crippen LogP contribution in [0.5, 0.6) is 0 Å². The van der Waals surface area contributed by atoms with Crippen LogP contribution in [0.2, 0.25) is 0 Å². The molecule has 5 atom stereocenters. The molecule has 0 aromatic carbocycles. The van der Waals surface area contributed by atoms with Gasteiger partial charge >= 0.3 is 0 Å². The Hall–Kier alpha value is -0.240. The standard InChI is InChI=1S/C9H18O6/c1-8(2,13)7-5(11)4(10)6(12)9(3,14)15-7/h4-7,10-14H,1-3H3/t4-,5+,6+,7+,9?/m0/s1. The molecule has 0 aliphatic carbocycles. The molecule has 90 valence electrons. The third-order valence-electron chi connectivity index (χ3n) is 2.59. The lowest BCUT2D eigenvalue weighted by Crippen LogP contribution is -2.67. The Morgan fingerprint density at radius 3 is 2.00 bits per heavy atom. The zero-order valence-electron chi connectivity index (χ0n) is 8.95. The molecule has 0 amide bonds. The summed E-state index contributed by atoms with van der Waals surface area (Å²) < 4.78 is 4.98. The summed E-state index contributed by atoms with van der Waals surface area (Å²) >= 11 is 0. The fourth-order valence-electron chi connectivity index (χ4n) is 1.64. The molecular weight excluding hydrogens is 204 g/mol. The first-order chi connectivity index (χ1) is 6.57. The fourth-order valence-corrected chi connectivity index (χ4v) is 1.64. The number of aliphatic hydroxyl groups is 5. The van der Waals surface area contributed by atoms with Crippen LogP contribution in [0.3, 0.4) is 0 Å². The lowest BCUT2D eigenvalue weighted by molar-refractivity contribution is -0.357. The number of hydrogen-bond acceptors (Lipinski definition) is 6. The molecule has 1 aliphatic heterocycles. The average molecular weight is 222 g/mol. The lowest BCUT2D eigenvalue weighted by atomic mass is 9.86. The zero-order valence-corrected chi connectivity index (χ0v) is 8.95. The van der Waals surface area contributed by atoms with Crippen LogP contribution in [-0.4, -0.2) is 61.3 Å². The van der Waals surface area contributed by atoms with Gasteiger partial charge in [-0.25, -0.2) is 0 Å². The maximum Gasteiger partial charge on any atom is 0.192 e. The normalized spacial score (nSPS) is 48.0. The Kier molecular flexibility index (Phi) is 3.13. The van der Waals surface area contributed by atoms with E-state index in [-0.39, 0.29) is 0 Å². The van der Waals surface area contributed by atoms with Crippen molar-refractivity contribution in [3.05, 3.63) is 0 Å². The second kappa shape index (κ2) is 3.65. The van der Waals surface area contributed by atoms with Crippen molar-refractivity contribution in [2.75, 3.05) is 0 Å². The van der Waals surface area contributed by atoms with Gasteiger partial charge in [0.25, 0.3) is 0 Å². The molecule has 15 heavy (non-hydrogen) atoms. The molecule has 6 nitrogen and oxygen atoms in total. The topological polar surface area (TPSA) is 110 Å². The van der Waals surface area contributed by atoms with Gasteiger partial charge in [-0.2, -0.15) is 0 Å². The Morgan fingerprint density at radius 2 is 1.60 bits per heavy atom. The van der Waals surface area contributed by atoms with Gasteiger partial charge in [-0.15, -0.1) is 0 Å². The van der Waals surface area contributed by atoms with E-state index in [0.717, 1.165) is 6.92 Å². The minimum atomic E-state index is -2.00. The second-order valence-corrected chi connectivity index (χ2v) is 4.67. The molecule has 1 unspecified atom stereocenters. The second-order valence-electron chi connectivity index (χ2n) is 4.67. The summed E-state index contributed by atoms with van der Waals surface area (Å²) in [6, 6.07) is 0. The number of rotatable bonds is 1. The van der Waals surface area contributed by atoms with E-state index in [0.29, 0.717) is 0 Å². The van der Waals surface area contributed by atoms with Crippen molar-refractivity contribution >= 4 is 0 Å². The highest BCUT2D eigenvalue weighted by Gasteiger charge is 2.53. The first-order valence-electron chi connectivity index (χ1n) is 4.74. The van der Waals surface area contributed by atoms with Gasteiger partial charge in [-0.3, -0.25) is 0 Å². The van der Waals surface area contributed by atoms with Gasteiger partial charge in [0.15, 0.2) is 5.79 Å². The molecule has 0 bridgehead atoms. The summed E-state index contributed by atoms with van der Waals surface area (Å²) in [5, 5.41) is 47.7. The Labute approximate surface area is 87.7 Å². The first kappa shape index (κ1) is 12.8. The van der Waals surface area contributed by atoms with Gasteiger partial charge in [-0.05, 0) is 20.8 Å². The summed E-state index contributed by atoms with van der Waals surface area (Å²) in [5.74, 6) is -2.00. The molecule has 6 heteroatoms. The molecule has 0 aromatic heterocycles. The average Bonchev–Trinajstić information content (AvgIpc) is 2.07. The number of ether oxygens (including phenoxy) is 1. The van der Waals surface area contributed by atoms with Crippen molar-refractivity contribution < 1.29 is 30.3 Å². The van der Waals surface area contributed by atoms with E-state index >= 15 is 0 Å². The predicted molar refractivity (Wildman–Crippen MR) is 49.8 cm³/mol. The zero-order chi connectivity index (χ0) is 12.0. The maximum absolute atomic E-state index is 9.66. The predicted octanol–water partition coefficient (Wildman–Crippen LogP) is -2.05. The summed E-state index contributed by atoms with van der Waals surface area (Å²) in [6.07, 6.45) is -5.82. The van der Waals surface area contributed by atoms with Crippen molar-refractivity contribution in [1.29, 1.82) is 0 Å². The first-order valence-corrected chi connectivity index (χ1v) is 4.74. The molecule has 0 saturated carbocycles. The molecule has 1 heterocycles. The highest BCUT2D eigenvalue weighted by molar-refractivity contribution is 4.99. The van der Waals surface area contributed by atoms with Crippen LogP contribution in [0.1, 0.15) is 20.8 Å². The van der Waals surface area contributed by atoms with Crippen molar-refractivity contribution in [3.63, 3.8) is 0 Å². The van der Waals surface area contributed by atoms with Gasteiger partial charge in [0.1, 0.15) is 24.4 Å². The molecule has 5 N–H and O–H groups in total. The van der Waals surface area contributed by atoms with E-state index in [9.17, 15) is 25.5 Å². The Bertz CT molecular complexity index is 233. The molecule has 1 fully saturated rings. The minimum absolute atomic E-state index is 1.16. The SMILES string of the molecule is CC(C)(O)[C@@H]1OC(C)(O)[C@H](O)[C@@H](O)[C@H]1O. The molecule has 1 rings (SSSR count). The monoisotopic (exact) mass is 222 g/mol. The molecular formula is C9H18O6. The molecule has 1 aliphatic rings. The smallest absolute Gasteiger partial charge is 0.192 e. The largest absolute Gasteiger partial charge is 0.388 e. The summed E-state index contributed by atoms with van der Waals surface area (Å²) in [6.45, 7) is 3.91. The highest BCUT2D eigenvalue weighted by Crippen LogP contribution is 2.32. The van der Waals surface area contributed by atoms with Crippen LogP contribution in [0, 0.1) is 0 Å². The highest BCUT2D eigenvalue weighted by atomic mass is 16.7. The van der Waals surface area contributed by atoms with E-state index in [1.807, 2.05) is 0 Å². The fraction of sp³-hybridized carbons (Fsp3) is 1.00.